The van der Waals surface area contributed by atoms with Gasteiger partial charge in [-0.25, -0.2) is 0 Å². The van der Waals surface area contributed by atoms with Crippen LogP contribution in [-0.2, 0) is 4.79 Å². The second-order valence-corrected chi connectivity index (χ2v) is 5.73. The third-order valence-corrected chi connectivity index (χ3v) is 4.05. The predicted octanol–water partition coefficient (Wildman–Crippen LogP) is 1.60. The summed E-state index contributed by atoms with van der Waals surface area (Å²) in [5.74, 6) is -0.0973. The highest BCUT2D eigenvalue weighted by Crippen LogP contribution is 2.13. The molecule has 110 valence electrons. The number of nitrogens with two attached hydrogens (primary N) is 1. The van der Waals surface area contributed by atoms with Crippen LogP contribution in [-0.4, -0.2) is 36.5 Å². The maximum atomic E-state index is 12.1. The lowest BCUT2D eigenvalue weighted by atomic mass is 10.1. The Balaban J connectivity index is 1.83. The minimum atomic E-state index is -0.582. The lowest BCUT2D eigenvalue weighted by molar-refractivity contribution is -0.122. The Kier molecular flexibility index (Phi) is 5.15. The zero-order chi connectivity index (χ0) is 14.5. The number of aryl methyl sites for hydroxylation is 1. The van der Waals surface area contributed by atoms with Crippen LogP contribution in [0.2, 0.25) is 0 Å². The molecule has 2 unspecified atom stereocenters. The Hall–Kier alpha value is -1.39. The highest BCUT2D eigenvalue weighted by Gasteiger charge is 2.20. The molecule has 0 bridgehead atoms. The van der Waals surface area contributed by atoms with Crippen molar-refractivity contribution in [2.75, 3.05) is 19.6 Å². The Morgan fingerprint density at radius 1 is 1.30 bits per heavy atom. The van der Waals surface area contributed by atoms with E-state index in [0.717, 1.165) is 18.7 Å². The van der Waals surface area contributed by atoms with E-state index >= 15 is 0 Å². The molecule has 1 saturated heterocycles. The van der Waals surface area contributed by atoms with Gasteiger partial charge in [0.15, 0.2) is 0 Å². The Bertz CT molecular complexity index is 438. The number of nitrogens with one attached hydrogen (secondary N) is 1. The van der Waals surface area contributed by atoms with Gasteiger partial charge < -0.3 is 11.1 Å². The first-order valence-electron chi connectivity index (χ1n) is 7.42. The zero-order valence-corrected chi connectivity index (χ0v) is 12.4. The van der Waals surface area contributed by atoms with Gasteiger partial charge >= 0.3 is 0 Å². The minimum absolute atomic E-state index is 0.0973. The minimum Gasteiger partial charge on any atom is -0.353 e. The standard InChI is InChI=1S/C16H25N3O/c1-12-5-7-14(8-6-12)15(17)16(20)18-11-13(2)19-9-3-4-10-19/h5-8,13,15H,3-4,9-11,17H2,1-2H3,(H,18,20). The number of likely N-dealkylation sites (tertiary alicyclic amines) is 1. The van der Waals surface area contributed by atoms with Gasteiger partial charge in [0.05, 0.1) is 0 Å². The molecule has 4 heteroatoms. The first-order valence-corrected chi connectivity index (χ1v) is 7.42. The molecule has 2 rings (SSSR count). The fourth-order valence-electron chi connectivity index (χ4n) is 2.59. The van der Waals surface area contributed by atoms with E-state index < -0.39 is 6.04 Å². The topological polar surface area (TPSA) is 58.4 Å². The number of hydrogen-bond acceptors (Lipinski definition) is 3. The van der Waals surface area contributed by atoms with Gasteiger partial charge in [-0.2, -0.15) is 0 Å². The van der Waals surface area contributed by atoms with Gasteiger partial charge in [0.25, 0.3) is 0 Å². The summed E-state index contributed by atoms with van der Waals surface area (Å²) >= 11 is 0. The molecule has 1 aromatic rings. The number of rotatable bonds is 5. The van der Waals surface area contributed by atoms with Crippen molar-refractivity contribution in [1.29, 1.82) is 0 Å². The van der Waals surface area contributed by atoms with Crippen LogP contribution in [0.25, 0.3) is 0 Å². The quantitative estimate of drug-likeness (QED) is 0.858. The van der Waals surface area contributed by atoms with Crippen molar-refractivity contribution in [1.82, 2.24) is 10.2 Å². The van der Waals surface area contributed by atoms with Crippen molar-refractivity contribution < 1.29 is 4.79 Å². The summed E-state index contributed by atoms with van der Waals surface area (Å²) in [4.78, 5) is 14.5. The molecular weight excluding hydrogens is 250 g/mol. The van der Waals surface area contributed by atoms with E-state index in [9.17, 15) is 4.79 Å². The van der Waals surface area contributed by atoms with Crippen molar-refractivity contribution in [3.8, 4) is 0 Å². The lowest BCUT2D eigenvalue weighted by Gasteiger charge is -2.24. The number of benzene rings is 1. The molecule has 0 saturated carbocycles. The average Bonchev–Trinajstić information content (AvgIpc) is 2.98. The van der Waals surface area contributed by atoms with Crippen LogP contribution in [0.1, 0.15) is 36.9 Å². The van der Waals surface area contributed by atoms with E-state index in [1.165, 1.54) is 18.4 Å². The van der Waals surface area contributed by atoms with Gasteiger partial charge in [-0.05, 0) is 45.3 Å². The van der Waals surface area contributed by atoms with Crippen LogP contribution in [0.5, 0.6) is 0 Å². The van der Waals surface area contributed by atoms with Crippen molar-refractivity contribution in [3.63, 3.8) is 0 Å². The summed E-state index contributed by atoms with van der Waals surface area (Å²) < 4.78 is 0. The molecule has 0 radical (unpaired) electrons. The van der Waals surface area contributed by atoms with E-state index in [1.807, 2.05) is 31.2 Å². The lowest BCUT2D eigenvalue weighted by Crippen LogP contribution is -2.43. The molecule has 0 aromatic heterocycles. The van der Waals surface area contributed by atoms with E-state index in [2.05, 4.69) is 17.1 Å². The summed E-state index contributed by atoms with van der Waals surface area (Å²) in [5.41, 5.74) is 8.04. The Labute approximate surface area is 121 Å². The van der Waals surface area contributed by atoms with E-state index in [4.69, 9.17) is 5.73 Å². The second-order valence-electron chi connectivity index (χ2n) is 5.73. The molecule has 1 amide bonds. The molecule has 2 atom stereocenters. The monoisotopic (exact) mass is 275 g/mol. The summed E-state index contributed by atoms with van der Waals surface area (Å²) in [6, 6.07) is 7.60. The summed E-state index contributed by atoms with van der Waals surface area (Å²) in [6.07, 6.45) is 2.53. The number of carbonyl (C=O) groups excluding carboxylic acids is 1. The third-order valence-electron chi connectivity index (χ3n) is 4.05. The average molecular weight is 275 g/mol. The molecule has 1 aliphatic rings. The third kappa shape index (κ3) is 3.81. The zero-order valence-electron chi connectivity index (χ0n) is 12.4. The molecule has 0 spiro atoms. The van der Waals surface area contributed by atoms with E-state index in [0.29, 0.717) is 12.6 Å². The van der Waals surface area contributed by atoms with Crippen molar-refractivity contribution in [2.24, 2.45) is 5.73 Å². The highest BCUT2D eigenvalue weighted by atomic mass is 16.2. The highest BCUT2D eigenvalue weighted by molar-refractivity contribution is 5.82. The maximum absolute atomic E-state index is 12.1. The molecule has 3 N–H and O–H groups in total. The van der Waals surface area contributed by atoms with Crippen molar-refractivity contribution in [2.45, 2.75) is 38.8 Å². The van der Waals surface area contributed by atoms with Crippen LogP contribution >= 0.6 is 0 Å². The van der Waals surface area contributed by atoms with E-state index in [1.54, 1.807) is 0 Å². The van der Waals surface area contributed by atoms with Crippen LogP contribution in [0.15, 0.2) is 24.3 Å². The molecule has 1 aliphatic heterocycles. The van der Waals surface area contributed by atoms with Crippen molar-refractivity contribution in [3.05, 3.63) is 35.4 Å². The van der Waals surface area contributed by atoms with Gasteiger partial charge in [-0.15, -0.1) is 0 Å². The predicted molar refractivity (Wildman–Crippen MR) is 81.4 cm³/mol. The Morgan fingerprint density at radius 2 is 1.90 bits per heavy atom. The van der Waals surface area contributed by atoms with Crippen LogP contribution in [0.4, 0.5) is 0 Å². The fraction of sp³-hybridized carbons (Fsp3) is 0.562. The first kappa shape index (κ1) is 15.0. The largest absolute Gasteiger partial charge is 0.353 e. The SMILES string of the molecule is Cc1ccc(C(N)C(=O)NCC(C)N2CCCC2)cc1. The molecule has 1 aromatic carbocycles. The van der Waals surface area contributed by atoms with Gasteiger partial charge in [-0.3, -0.25) is 9.69 Å². The molecule has 20 heavy (non-hydrogen) atoms. The number of hydrogen-bond donors (Lipinski definition) is 2. The molecule has 1 heterocycles. The van der Waals surface area contributed by atoms with Crippen molar-refractivity contribution >= 4 is 5.91 Å². The number of amides is 1. The van der Waals surface area contributed by atoms with E-state index in [-0.39, 0.29) is 5.91 Å². The molecule has 4 nitrogen and oxygen atoms in total. The smallest absolute Gasteiger partial charge is 0.241 e. The van der Waals surface area contributed by atoms with Gasteiger partial charge in [0.1, 0.15) is 6.04 Å². The van der Waals surface area contributed by atoms with Gasteiger partial charge in [-0.1, -0.05) is 29.8 Å². The van der Waals surface area contributed by atoms with Gasteiger partial charge in [0, 0.05) is 12.6 Å². The number of nitrogens with zero attached hydrogens (tertiary/aromatic N) is 1. The molecular formula is C16H25N3O. The summed E-state index contributed by atoms with van der Waals surface area (Å²) in [5, 5.41) is 2.97. The maximum Gasteiger partial charge on any atom is 0.241 e. The summed E-state index contributed by atoms with van der Waals surface area (Å²) in [7, 11) is 0. The van der Waals surface area contributed by atoms with Crippen LogP contribution < -0.4 is 11.1 Å². The second kappa shape index (κ2) is 6.86. The normalized spacial score (nSPS) is 18.8. The van der Waals surface area contributed by atoms with Crippen LogP contribution in [0.3, 0.4) is 0 Å². The molecule has 1 fully saturated rings. The molecule has 0 aliphatic carbocycles. The number of carbonyl (C=O) groups is 1. The first-order chi connectivity index (χ1) is 9.58. The fourth-order valence-corrected chi connectivity index (χ4v) is 2.59. The summed E-state index contributed by atoms with van der Waals surface area (Å²) in [6.45, 7) is 7.12. The van der Waals surface area contributed by atoms with Gasteiger partial charge in [0.2, 0.25) is 5.91 Å². The van der Waals surface area contributed by atoms with Crippen LogP contribution in [0, 0.1) is 6.92 Å². The Morgan fingerprint density at radius 3 is 2.50 bits per heavy atom.